The molecule has 0 spiro atoms. The third-order valence-corrected chi connectivity index (χ3v) is 4.70. The highest BCUT2D eigenvalue weighted by Gasteiger charge is 2.21. The van der Waals surface area contributed by atoms with Crippen molar-refractivity contribution in [3.8, 4) is 0 Å². The van der Waals surface area contributed by atoms with Crippen LogP contribution in [0.25, 0.3) is 0 Å². The van der Waals surface area contributed by atoms with Crippen LogP contribution >= 0.6 is 12.4 Å². The molecule has 1 aliphatic rings. The molecule has 1 amide bonds. The minimum atomic E-state index is -0.1000. The van der Waals surface area contributed by atoms with Crippen LogP contribution in [0, 0.1) is 5.92 Å². The number of halogens is 1. The SMILES string of the molecule is CC(C)CC(NC(=O)c1ccn(C2CCCNC2)n1)c1ccccc1.Cl. The summed E-state index contributed by atoms with van der Waals surface area (Å²) in [6.45, 7) is 6.33. The van der Waals surface area contributed by atoms with Gasteiger partial charge in [0.1, 0.15) is 5.69 Å². The average molecular weight is 377 g/mol. The first-order valence-corrected chi connectivity index (χ1v) is 9.25. The van der Waals surface area contributed by atoms with E-state index in [0.29, 0.717) is 17.7 Å². The number of rotatable bonds is 6. The summed E-state index contributed by atoms with van der Waals surface area (Å²) < 4.78 is 1.93. The van der Waals surface area contributed by atoms with Gasteiger partial charge in [0.15, 0.2) is 0 Å². The summed E-state index contributed by atoms with van der Waals surface area (Å²) in [6, 6.07) is 12.3. The second kappa shape index (κ2) is 9.74. The first-order chi connectivity index (χ1) is 12.1. The molecule has 0 saturated carbocycles. The van der Waals surface area contributed by atoms with E-state index >= 15 is 0 Å². The number of carbonyl (C=O) groups is 1. The zero-order valence-electron chi connectivity index (χ0n) is 15.5. The summed E-state index contributed by atoms with van der Waals surface area (Å²) in [5, 5.41) is 11.1. The van der Waals surface area contributed by atoms with E-state index in [-0.39, 0.29) is 24.4 Å². The molecular formula is C20H29ClN4O. The zero-order valence-corrected chi connectivity index (χ0v) is 16.3. The summed E-state index contributed by atoms with van der Waals surface area (Å²) in [4.78, 5) is 12.7. The van der Waals surface area contributed by atoms with E-state index in [0.717, 1.165) is 37.9 Å². The topological polar surface area (TPSA) is 59.0 Å². The lowest BCUT2D eigenvalue weighted by Crippen LogP contribution is -2.32. The molecule has 2 aromatic rings. The van der Waals surface area contributed by atoms with Gasteiger partial charge >= 0.3 is 0 Å². The molecule has 0 bridgehead atoms. The maximum absolute atomic E-state index is 12.7. The fourth-order valence-electron chi connectivity index (χ4n) is 3.39. The lowest BCUT2D eigenvalue weighted by atomic mass is 9.97. The Kier molecular flexibility index (Phi) is 7.66. The van der Waals surface area contributed by atoms with Gasteiger partial charge in [-0.3, -0.25) is 9.48 Å². The number of hydrogen-bond donors (Lipinski definition) is 2. The van der Waals surface area contributed by atoms with Gasteiger partial charge in [0.05, 0.1) is 12.1 Å². The molecule has 1 aromatic heterocycles. The molecule has 2 unspecified atom stereocenters. The van der Waals surface area contributed by atoms with Gasteiger partial charge in [0, 0.05) is 12.7 Å². The van der Waals surface area contributed by atoms with Crippen LogP contribution in [0.1, 0.15) is 61.2 Å². The number of benzene rings is 1. The summed E-state index contributed by atoms with van der Waals surface area (Å²) in [5.74, 6) is 0.397. The molecule has 26 heavy (non-hydrogen) atoms. The molecule has 0 aliphatic carbocycles. The Morgan fingerprint density at radius 3 is 2.73 bits per heavy atom. The monoisotopic (exact) mass is 376 g/mol. The van der Waals surface area contributed by atoms with E-state index in [1.54, 1.807) is 0 Å². The zero-order chi connectivity index (χ0) is 17.6. The first-order valence-electron chi connectivity index (χ1n) is 9.25. The van der Waals surface area contributed by atoms with Crippen LogP contribution in [-0.2, 0) is 0 Å². The Hall–Kier alpha value is -1.85. The maximum atomic E-state index is 12.7. The summed E-state index contributed by atoms with van der Waals surface area (Å²) >= 11 is 0. The number of piperidine rings is 1. The van der Waals surface area contributed by atoms with Crippen LogP contribution in [0.3, 0.4) is 0 Å². The van der Waals surface area contributed by atoms with Gasteiger partial charge in [0.25, 0.3) is 5.91 Å². The number of carbonyl (C=O) groups excluding carboxylic acids is 1. The van der Waals surface area contributed by atoms with Crippen molar-refractivity contribution in [2.24, 2.45) is 5.92 Å². The molecule has 2 N–H and O–H groups in total. The van der Waals surface area contributed by atoms with Crippen molar-refractivity contribution in [1.29, 1.82) is 0 Å². The highest BCUT2D eigenvalue weighted by Crippen LogP contribution is 2.22. The molecule has 2 atom stereocenters. The summed E-state index contributed by atoms with van der Waals surface area (Å²) in [6.07, 6.45) is 5.09. The third-order valence-electron chi connectivity index (χ3n) is 4.70. The van der Waals surface area contributed by atoms with Gasteiger partial charge in [-0.05, 0) is 43.4 Å². The second-order valence-electron chi connectivity index (χ2n) is 7.25. The van der Waals surface area contributed by atoms with Gasteiger partial charge in [-0.25, -0.2) is 0 Å². The minimum absolute atomic E-state index is 0. The van der Waals surface area contributed by atoms with Crippen LogP contribution in [-0.4, -0.2) is 28.8 Å². The second-order valence-corrected chi connectivity index (χ2v) is 7.25. The number of aromatic nitrogens is 2. The predicted molar refractivity (Wildman–Crippen MR) is 107 cm³/mol. The van der Waals surface area contributed by atoms with E-state index in [1.165, 1.54) is 0 Å². The number of amides is 1. The van der Waals surface area contributed by atoms with Crippen LogP contribution in [0.15, 0.2) is 42.6 Å². The fraction of sp³-hybridized carbons (Fsp3) is 0.500. The molecule has 6 heteroatoms. The number of nitrogens with zero attached hydrogens (tertiary/aromatic N) is 2. The summed E-state index contributed by atoms with van der Waals surface area (Å²) in [7, 11) is 0. The van der Waals surface area contributed by atoms with Gasteiger partial charge < -0.3 is 10.6 Å². The van der Waals surface area contributed by atoms with Crippen molar-refractivity contribution in [2.75, 3.05) is 13.1 Å². The lowest BCUT2D eigenvalue weighted by Gasteiger charge is -2.23. The Labute approximate surface area is 162 Å². The van der Waals surface area contributed by atoms with Crippen molar-refractivity contribution in [3.05, 3.63) is 53.9 Å². The third kappa shape index (κ3) is 5.32. The maximum Gasteiger partial charge on any atom is 0.272 e. The molecular weight excluding hydrogens is 348 g/mol. The van der Waals surface area contributed by atoms with Gasteiger partial charge in [-0.15, -0.1) is 12.4 Å². The van der Waals surface area contributed by atoms with Crippen molar-refractivity contribution in [2.45, 2.75) is 45.2 Å². The average Bonchev–Trinajstić information content (AvgIpc) is 3.12. The Morgan fingerprint density at radius 2 is 2.08 bits per heavy atom. The van der Waals surface area contributed by atoms with E-state index in [1.807, 2.05) is 35.1 Å². The van der Waals surface area contributed by atoms with Crippen LogP contribution in [0.2, 0.25) is 0 Å². The lowest BCUT2D eigenvalue weighted by molar-refractivity contribution is 0.0925. The number of hydrogen-bond acceptors (Lipinski definition) is 3. The summed E-state index contributed by atoms with van der Waals surface area (Å²) in [5.41, 5.74) is 1.63. The van der Waals surface area contributed by atoms with Gasteiger partial charge in [-0.1, -0.05) is 44.2 Å². The van der Waals surface area contributed by atoms with Crippen LogP contribution in [0.5, 0.6) is 0 Å². The predicted octanol–water partition coefficient (Wildman–Crippen LogP) is 3.75. The minimum Gasteiger partial charge on any atom is -0.344 e. The molecule has 0 radical (unpaired) electrons. The number of nitrogens with one attached hydrogen (secondary N) is 2. The molecule has 1 fully saturated rings. The molecule has 1 aliphatic heterocycles. The molecule has 2 heterocycles. The first kappa shape index (κ1) is 20.5. The quantitative estimate of drug-likeness (QED) is 0.807. The molecule has 1 saturated heterocycles. The largest absolute Gasteiger partial charge is 0.344 e. The molecule has 1 aromatic carbocycles. The van der Waals surface area contributed by atoms with E-state index < -0.39 is 0 Å². The Morgan fingerprint density at radius 1 is 1.31 bits per heavy atom. The van der Waals surface area contributed by atoms with E-state index in [4.69, 9.17) is 0 Å². The van der Waals surface area contributed by atoms with Crippen molar-refractivity contribution in [3.63, 3.8) is 0 Å². The van der Waals surface area contributed by atoms with Gasteiger partial charge in [0.2, 0.25) is 0 Å². The molecule has 3 rings (SSSR count). The van der Waals surface area contributed by atoms with Crippen LogP contribution in [0.4, 0.5) is 0 Å². The van der Waals surface area contributed by atoms with Crippen molar-refractivity contribution >= 4 is 18.3 Å². The van der Waals surface area contributed by atoms with Crippen molar-refractivity contribution < 1.29 is 4.79 Å². The highest BCUT2D eigenvalue weighted by atomic mass is 35.5. The smallest absolute Gasteiger partial charge is 0.272 e. The molecule has 142 valence electrons. The fourth-order valence-corrected chi connectivity index (χ4v) is 3.39. The normalized spacial score (nSPS) is 18.2. The Balaban J connectivity index is 0.00000243. The van der Waals surface area contributed by atoms with E-state index in [2.05, 4.69) is 41.7 Å². The standard InChI is InChI=1S/C20H28N4O.ClH/c1-15(2)13-19(16-7-4-3-5-8-16)22-20(25)18-10-12-24(23-18)17-9-6-11-21-14-17;/h3-5,7-8,10,12,15,17,19,21H,6,9,11,13-14H2,1-2H3,(H,22,25);1H. The van der Waals surface area contributed by atoms with E-state index in [9.17, 15) is 4.79 Å². The van der Waals surface area contributed by atoms with Crippen LogP contribution < -0.4 is 10.6 Å². The van der Waals surface area contributed by atoms with Gasteiger partial charge in [-0.2, -0.15) is 5.10 Å². The Bertz CT molecular complexity index is 680. The van der Waals surface area contributed by atoms with Crippen molar-refractivity contribution in [1.82, 2.24) is 20.4 Å². The highest BCUT2D eigenvalue weighted by molar-refractivity contribution is 5.92. The molecule has 5 nitrogen and oxygen atoms in total.